The molecule has 2 unspecified atom stereocenters. The molecule has 94 valence electrons. The van der Waals surface area contributed by atoms with Crippen LogP contribution in [0.4, 0.5) is 0 Å². The largest absolute Gasteiger partial charge is 0.385 e. The Balaban J connectivity index is 2.31. The molecule has 1 saturated carbocycles. The molecule has 0 saturated heterocycles. The standard InChI is InChI=1S/C16H24O/c1-12-6-5-7-14(10-12)16(17)9-8-15(3,4)11-13(16)2/h5-7,10,13,17H,8-9,11H2,1-4H3. The Bertz CT molecular complexity index is 408. The topological polar surface area (TPSA) is 20.2 Å². The third-order valence-corrected chi connectivity index (χ3v) is 4.37. The van der Waals surface area contributed by atoms with Gasteiger partial charge in [0, 0.05) is 0 Å². The van der Waals surface area contributed by atoms with Crippen molar-refractivity contribution < 1.29 is 5.11 Å². The third-order valence-electron chi connectivity index (χ3n) is 4.37. The first-order valence-corrected chi connectivity index (χ1v) is 6.63. The van der Waals surface area contributed by atoms with Crippen LogP contribution < -0.4 is 0 Å². The molecule has 0 spiro atoms. The van der Waals surface area contributed by atoms with Gasteiger partial charge in [-0.1, -0.05) is 50.6 Å². The van der Waals surface area contributed by atoms with E-state index >= 15 is 0 Å². The van der Waals surface area contributed by atoms with Crippen molar-refractivity contribution >= 4 is 0 Å². The predicted octanol–water partition coefficient (Wildman–Crippen LogP) is 4.03. The summed E-state index contributed by atoms with van der Waals surface area (Å²) in [5.41, 5.74) is 2.07. The Morgan fingerprint density at radius 1 is 1.24 bits per heavy atom. The van der Waals surface area contributed by atoms with Gasteiger partial charge in [-0.05, 0) is 43.1 Å². The second kappa shape index (κ2) is 4.13. The molecule has 17 heavy (non-hydrogen) atoms. The van der Waals surface area contributed by atoms with Crippen LogP contribution in [0.25, 0.3) is 0 Å². The predicted molar refractivity (Wildman–Crippen MR) is 71.9 cm³/mol. The van der Waals surface area contributed by atoms with E-state index in [4.69, 9.17) is 0 Å². The number of hydrogen-bond acceptors (Lipinski definition) is 1. The van der Waals surface area contributed by atoms with Gasteiger partial charge in [0.1, 0.15) is 0 Å². The molecule has 1 heteroatoms. The minimum Gasteiger partial charge on any atom is -0.385 e. The lowest BCUT2D eigenvalue weighted by molar-refractivity contribution is -0.0770. The zero-order valence-corrected chi connectivity index (χ0v) is 11.5. The summed E-state index contributed by atoms with van der Waals surface area (Å²) >= 11 is 0. The highest BCUT2D eigenvalue weighted by Gasteiger charge is 2.43. The molecule has 1 fully saturated rings. The van der Waals surface area contributed by atoms with Crippen LogP contribution in [0.1, 0.15) is 51.2 Å². The summed E-state index contributed by atoms with van der Waals surface area (Å²) in [7, 11) is 0. The van der Waals surface area contributed by atoms with Crippen LogP contribution in [0.3, 0.4) is 0 Å². The Kier molecular flexibility index (Phi) is 3.07. The molecule has 1 aliphatic carbocycles. The maximum Gasteiger partial charge on any atom is 0.0922 e. The van der Waals surface area contributed by atoms with Crippen molar-refractivity contribution in [3.05, 3.63) is 35.4 Å². The number of aliphatic hydroxyl groups is 1. The first-order chi connectivity index (χ1) is 7.83. The average molecular weight is 232 g/mol. The third kappa shape index (κ3) is 2.40. The molecule has 0 aliphatic heterocycles. The summed E-state index contributed by atoms with van der Waals surface area (Å²) < 4.78 is 0. The van der Waals surface area contributed by atoms with Crippen LogP contribution in [0, 0.1) is 18.3 Å². The van der Waals surface area contributed by atoms with E-state index in [0.717, 1.165) is 24.8 Å². The highest BCUT2D eigenvalue weighted by atomic mass is 16.3. The molecule has 1 aromatic carbocycles. The lowest BCUT2D eigenvalue weighted by Crippen LogP contribution is -2.41. The summed E-state index contributed by atoms with van der Waals surface area (Å²) in [6.45, 7) is 8.88. The minimum absolute atomic E-state index is 0.327. The van der Waals surface area contributed by atoms with Crippen molar-refractivity contribution in [2.24, 2.45) is 11.3 Å². The van der Waals surface area contributed by atoms with E-state index in [0.29, 0.717) is 11.3 Å². The van der Waals surface area contributed by atoms with Gasteiger partial charge < -0.3 is 5.11 Å². The normalized spacial score (nSPS) is 32.4. The van der Waals surface area contributed by atoms with Crippen molar-refractivity contribution in [3.8, 4) is 0 Å². The van der Waals surface area contributed by atoms with Crippen molar-refractivity contribution in [1.82, 2.24) is 0 Å². The quantitative estimate of drug-likeness (QED) is 0.775. The molecule has 2 rings (SSSR count). The van der Waals surface area contributed by atoms with Gasteiger partial charge in [-0.3, -0.25) is 0 Å². The molecule has 0 amide bonds. The van der Waals surface area contributed by atoms with E-state index in [2.05, 4.69) is 52.0 Å². The van der Waals surface area contributed by atoms with E-state index in [1.54, 1.807) is 0 Å². The van der Waals surface area contributed by atoms with Crippen LogP contribution in [0.2, 0.25) is 0 Å². The summed E-state index contributed by atoms with van der Waals surface area (Å²) in [6, 6.07) is 8.34. The second-order valence-corrected chi connectivity index (χ2v) is 6.56. The molecule has 1 aliphatic rings. The van der Waals surface area contributed by atoms with Gasteiger partial charge in [-0.2, -0.15) is 0 Å². The molecule has 2 atom stereocenters. The van der Waals surface area contributed by atoms with Crippen molar-refractivity contribution in [3.63, 3.8) is 0 Å². The van der Waals surface area contributed by atoms with Crippen LogP contribution >= 0.6 is 0 Å². The molecular formula is C16H24O. The second-order valence-electron chi connectivity index (χ2n) is 6.56. The number of rotatable bonds is 1. The van der Waals surface area contributed by atoms with Gasteiger partial charge in [0.25, 0.3) is 0 Å². The van der Waals surface area contributed by atoms with Crippen molar-refractivity contribution in [2.75, 3.05) is 0 Å². The Hall–Kier alpha value is -0.820. The summed E-state index contributed by atoms with van der Waals surface area (Å²) in [4.78, 5) is 0. The number of aryl methyl sites for hydroxylation is 1. The Labute approximate surface area is 105 Å². The van der Waals surface area contributed by atoms with Gasteiger partial charge in [0.2, 0.25) is 0 Å². The fourth-order valence-corrected chi connectivity index (χ4v) is 3.22. The van der Waals surface area contributed by atoms with Crippen LogP contribution in [-0.2, 0) is 5.60 Å². The van der Waals surface area contributed by atoms with Crippen LogP contribution in [0.5, 0.6) is 0 Å². The maximum atomic E-state index is 11.0. The SMILES string of the molecule is Cc1cccc(C2(O)CCC(C)(C)CC2C)c1. The molecule has 1 nitrogen and oxygen atoms in total. The highest BCUT2D eigenvalue weighted by molar-refractivity contribution is 5.28. The van der Waals surface area contributed by atoms with Gasteiger partial charge in [-0.15, -0.1) is 0 Å². The van der Waals surface area contributed by atoms with Crippen LogP contribution in [-0.4, -0.2) is 5.11 Å². The van der Waals surface area contributed by atoms with Crippen LogP contribution in [0.15, 0.2) is 24.3 Å². The minimum atomic E-state index is -0.623. The van der Waals surface area contributed by atoms with Crippen molar-refractivity contribution in [2.45, 2.75) is 52.6 Å². The number of hydrogen-bond donors (Lipinski definition) is 1. The highest BCUT2D eigenvalue weighted by Crippen LogP contribution is 2.48. The lowest BCUT2D eigenvalue weighted by Gasteiger charge is -2.45. The molecule has 0 heterocycles. The van der Waals surface area contributed by atoms with Crippen molar-refractivity contribution in [1.29, 1.82) is 0 Å². The monoisotopic (exact) mass is 232 g/mol. The molecule has 0 aromatic heterocycles. The fourth-order valence-electron chi connectivity index (χ4n) is 3.22. The zero-order chi connectivity index (χ0) is 12.7. The first kappa shape index (κ1) is 12.6. The Morgan fingerprint density at radius 2 is 1.94 bits per heavy atom. The smallest absolute Gasteiger partial charge is 0.0922 e. The number of benzene rings is 1. The molecule has 1 aromatic rings. The van der Waals surface area contributed by atoms with Gasteiger partial charge in [-0.25, -0.2) is 0 Å². The Morgan fingerprint density at radius 3 is 2.53 bits per heavy atom. The van der Waals surface area contributed by atoms with E-state index in [-0.39, 0.29) is 0 Å². The van der Waals surface area contributed by atoms with E-state index in [1.807, 2.05) is 0 Å². The molecule has 0 bridgehead atoms. The van der Waals surface area contributed by atoms with Gasteiger partial charge in [0.15, 0.2) is 0 Å². The summed E-state index contributed by atoms with van der Waals surface area (Å²) in [6.07, 6.45) is 3.07. The summed E-state index contributed by atoms with van der Waals surface area (Å²) in [5.74, 6) is 0.327. The van der Waals surface area contributed by atoms with Gasteiger partial charge in [0.05, 0.1) is 5.60 Å². The summed E-state index contributed by atoms with van der Waals surface area (Å²) in [5, 5.41) is 11.0. The zero-order valence-electron chi connectivity index (χ0n) is 11.5. The maximum absolute atomic E-state index is 11.0. The van der Waals surface area contributed by atoms with E-state index in [9.17, 15) is 5.11 Å². The first-order valence-electron chi connectivity index (χ1n) is 6.63. The van der Waals surface area contributed by atoms with E-state index in [1.165, 1.54) is 5.56 Å². The van der Waals surface area contributed by atoms with Gasteiger partial charge >= 0.3 is 0 Å². The lowest BCUT2D eigenvalue weighted by atomic mass is 9.63. The molecule has 1 N–H and O–H groups in total. The molecular weight excluding hydrogens is 208 g/mol. The fraction of sp³-hybridized carbons (Fsp3) is 0.625. The molecule has 0 radical (unpaired) electrons. The van der Waals surface area contributed by atoms with E-state index < -0.39 is 5.60 Å². The average Bonchev–Trinajstić information content (AvgIpc) is 2.24.